The Morgan fingerprint density at radius 1 is 1.47 bits per heavy atom. The molecule has 0 radical (unpaired) electrons. The van der Waals surface area contributed by atoms with Crippen molar-refractivity contribution in [3.05, 3.63) is 52.1 Å². The highest BCUT2D eigenvalue weighted by Gasteiger charge is 2.15. The van der Waals surface area contributed by atoms with Crippen molar-refractivity contribution in [2.75, 3.05) is 0 Å². The lowest BCUT2D eigenvalue weighted by Crippen LogP contribution is -2.03. The summed E-state index contributed by atoms with van der Waals surface area (Å²) in [6.07, 6.45) is 5.90. The van der Waals surface area contributed by atoms with Crippen LogP contribution in [0.5, 0.6) is 0 Å². The molecule has 90 valence electrons. The molecule has 0 aromatic carbocycles. The molecule has 0 spiro atoms. The molecule has 0 bridgehead atoms. The minimum absolute atomic E-state index is 0.541. The van der Waals surface area contributed by atoms with Crippen molar-refractivity contribution in [1.82, 2.24) is 4.98 Å². The molecule has 17 heavy (non-hydrogen) atoms. The average Bonchev–Trinajstić information content (AvgIpc) is 2.77. The van der Waals surface area contributed by atoms with E-state index in [1.165, 1.54) is 0 Å². The van der Waals surface area contributed by atoms with Crippen LogP contribution >= 0.6 is 15.9 Å². The summed E-state index contributed by atoms with van der Waals surface area (Å²) in [5, 5.41) is 10.2. The maximum absolute atomic E-state index is 10.2. The number of hydrogen-bond acceptors (Lipinski definition) is 3. The van der Waals surface area contributed by atoms with Gasteiger partial charge in [-0.15, -0.1) is 0 Å². The number of aromatic nitrogens is 1. The zero-order valence-corrected chi connectivity index (χ0v) is 11.1. The maximum atomic E-state index is 10.2. The van der Waals surface area contributed by atoms with Crippen LogP contribution in [0.3, 0.4) is 0 Å². The van der Waals surface area contributed by atoms with Crippen molar-refractivity contribution in [1.29, 1.82) is 0 Å². The number of aliphatic hydroxyl groups excluding tert-OH is 1. The number of aryl methyl sites for hydroxylation is 1. The van der Waals surface area contributed by atoms with Gasteiger partial charge < -0.3 is 9.52 Å². The van der Waals surface area contributed by atoms with Gasteiger partial charge in [0.1, 0.15) is 5.76 Å². The number of halogens is 1. The molecule has 0 amide bonds. The Balaban J connectivity index is 2.14. The van der Waals surface area contributed by atoms with Crippen LogP contribution < -0.4 is 0 Å². The Hall–Kier alpha value is -1.13. The van der Waals surface area contributed by atoms with Crippen molar-refractivity contribution < 1.29 is 9.52 Å². The van der Waals surface area contributed by atoms with Crippen molar-refractivity contribution >= 4 is 15.9 Å². The number of pyridine rings is 1. The zero-order chi connectivity index (χ0) is 12.3. The highest BCUT2D eigenvalue weighted by Crippen LogP contribution is 2.24. The second-order valence-corrected chi connectivity index (χ2v) is 4.80. The lowest BCUT2D eigenvalue weighted by molar-refractivity contribution is 0.176. The largest absolute Gasteiger partial charge is 0.469 e. The summed E-state index contributed by atoms with van der Waals surface area (Å²) in [5.41, 5.74) is 1.86. The third kappa shape index (κ3) is 2.96. The van der Waals surface area contributed by atoms with E-state index in [1.54, 1.807) is 18.7 Å². The number of rotatable bonds is 4. The molecular weight excluding hydrogens is 282 g/mol. The van der Waals surface area contributed by atoms with E-state index in [9.17, 15) is 5.11 Å². The molecule has 2 heterocycles. The first-order valence-electron chi connectivity index (χ1n) is 5.54. The lowest BCUT2D eigenvalue weighted by atomic mass is 10.0. The summed E-state index contributed by atoms with van der Waals surface area (Å²) >= 11 is 3.37. The van der Waals surface area contributed by atoms with Crippen LogP contribution in [0.1, 0.15) is 29.9 Å². The molecule has 2 rings (SSSR count). The van der Waals surface area contributed by atoms with Crippen LogP contribution in [0.15, 0.2) is 39.7 Å². The second-order valence-electron chi connectivity index (χ2n) is 3.88. The molecular formula is C13H14BrNO2. The zero-order valence-electron chi connectivity index (χ0n) is 9.56. The number of aliphatic hydroxyl groups is 1. The molecule has 0 saturated carbocycles. The number of furan rings is 1. The van der Waals surface area contributed by atoms with E-state index in [1.807, 2.05) is 19.1 Å². The quantitative estimate of drug-likeness (QED) is 0.942. The first-order chi connectivity index (χ1) is 8.20. The van der Waals surface area contributed by atoms with Crippen LogP contribution in [0.4, 0.5) is 0 Å². The fourth-order valence-corrected chi connectivity index (χ4v) is 2.25. The summed E-state index contributed by atoms with van der Waals surface area (Å²) in [5.74, 6) is 0.848. The van der Waals surface area contributed by atoms with Crippen LogP contribution in [0.2, 0.25) is 0 Å². The molecule has 0 fully saturated rings. The van der Waals surface area contributed by atoms with Gasteiger partial charge in [0, 0.05) is 35.3 Å². The van der Waals surface area contributed by atoms with Gasteiger partial charge in [-0.1, -0.05) is 6.92 Å². The van der Waals surface area contributed by atoms with Crippen LogP contribution in [-0.4, -0.2) is 10.1 Å². The number of nitrogens with zero attached hydrogens (tertiary/aromatic N) is 1. The Kier molecular flexibility index (Phi) is 3.97. The molecule has 2 aromatic rings. The van der Waals surface area contributed by atoms with Crippen molar-refractivity contribution in [3.8, 4) is 0 Å². The van der Waals surface area contributed by atoms with E-state index < -0.39 is 6.10 Å². The average molecular weight is 296 g/mol. The van der Waals surface area contributed by atoms with Gasteiger partial charge in [0.05, 0.1) is 12.4 Å². The van der Waals surface area contributed by atoms with Gasteiger partial charge in [-0.3, -0.25) is 4.98 Å². The Bertz CT molecular complexity index is 496. The summed E-state index contributed by atoms with van der Waals surface area (Å²) in [4.78, 5) is 4.08. The molecule has 0 aliphatic heterocycles. The van der Waals surface area contributed by atoms with Crippen molar-refractivity contribution in [2.24, 2.45) is 0 Å². The van der Waals surface area contributed by atoms with E-state index in [0.29, 0.717) is 6.42 Å². The predicted molar refractivity (Wildman–Crippen MR) is 68.7 cm³/mol. The maximum Gasteiger partial charge on any atom is 0.109 e. The van der Waals surface area contributed by atoms with Crippen LogP contribution in [-0.2, 0) is 12.8 Å². The second kappa shape index (κ2) is 5.47. The third-order valence-corrected chi connectivity index (χ3v) is 3.08. The van der Waals surface area contributed by atoms with E-state index in [4.69, 9.17) is 4.42 Å². The van der Waals surface area contributed by atoms with E-state index in [2.05, 4.69) is 20.9 Å². The highest BCUT2D eigenvalue weighted by atomic mass is 79.9. The topological polar surface area (TPSA) is 46.3 Å². The first-order valence-corrected chi connectivity index (χ1v) is 6.33. The summed E-state index contributed by atoms with van der Waals surface area (Å²) in [6.45, 7) is 2.01. The SMILES string of the molecule is CCc1occc1C(O)Cc1cncc(Br)c1. The standard InChI is InChI=1S/C13H14BrNO2/c1-2-13-11(3-4-17-13)12(16)6-9-5-10(14)8-15-7-9/h3-5,7-8,12,16H,2,6H2,1H3. The molecule has 1 unspecified atom stereocenters. The fourth-order valence-electron chi connectivity index (χ4n) is 1.84. The van der Waals surface area contributed by atoms with Crippen LogP contribution in [0.25, 0.3) is 0 Å². The molecule has 0 saturated heterocycles. The molecule has 1 N–H and O–H groups in total. The number of hydrogen-bond donors (Lipinski definition) is 1. The smallest absolute Gasteiger partial charge is 0.109 e. The minimum Gasteiger partial charge on any atom is -0.469 e. The highest BCUT2D eigenvalue weighted by molar-refractivity contribution is 9.10. The minimum atomic E-state index is -0.542. The summed E-state index contributed by atoms with van der Waals surface area (Å²) in [6, 6.07) is 3.79. The first kappa shape index (κ1) is 12.3. The monoisotopic (exact) mass is 295 g/mol. The Labute approximate surface area is 109 Å². The third-order valence-electron chi connectivity index (χ3n) is 2.65. The van der Waals surface area contributed by atoms with Gasteiger partial charge >= 0.3 is 0 Å². The van der Waals surface area contributed by atoms with Gasteiger partial charge in [-0.25, -0.2) is 0 Å². The van der Waals surface area contributed by atoms with E-state index >= 15 is 0 Å². The molecule has 2 aromatic heterocycles. The van der Waals surface area contributed by atoms with Gasteiger partial charge in [-0.05, 0) is 33.6 Å². The lowest BCUT2D eigenvalue weighted by Gasteiger charge is -2.10. The Morgan fingerprint density at radius 3 is 3.00 bits per heavy atom. The molecule has 3 nitrogen and oxygen atoms in total. The van der Waals surface area contributed by atoms with E-state index in [-0.39, 0.29) is 0 Å². The summed E-state index contributed by atoms with van der Waals surface area (Å²) in [7, 11) is 0. The van der Waals surface area contributed by atoms with Gasteiger partial charge in [0.25, 0.3) is 0 Å². The van der Waals surface area contributed by atoms with Crippen LogP contribution in [0, 0.1) is 0 Å². The van der Waals surface area contributed by atoms with Gasteiger partial charge in [-0.2, -0.15) is 0 Å². The van der Waals surface area contributed by atoms with Crippen molar-refractivity contribution in [3.63, 3.8) is 0 Å². The molecule has 4 heteroatoms. The Morgan fingerprint density at radius 2 is 2.29 bits per heavy atom. The normalized spacial score (nSPS) is 12.6. The van der Waals surface area contributed by atoms with Gasteiger partial charge in [0.15, 0.2) is 0 Å². The molecule has 1 atom stereocenters. The van der Waals surface area contributed by atoms with Crippen molar-refractivity contribution in [2.45, 2.75) is 25.9 Å². The van der Waals surface area contributed by atoms with Gasteiger partial charge in [0.2, 0.25) is 0 Å². The predicted octanol–water partition coefficient (Wildman–Crippen LogP) is 3.28. The fraction of sp³-hybridized carbons (Fsp3) is 0.308. The van der Waals surface area contributed by atoms with E-state index in [0.717, 1.165) is 27.8 Å². The molecule has 0 aliphatic rings. The summed E-state index contributed by atoms with van der Waals surface area (Å²) < 4.78 is 6.23. The molecule has 0 aliphatic carbocycles.